The van der Waals surface area contributed by atoms with Crippen molar-refractivity contribution in [1.29, 1.82) is 0 Å². The molecule has 5 aromatic rings. The maximum absolute atomic E-state index is 6.03. The van der Waals surface area contributed by atoms with Crippen molar-refractivity contribution in [2.24, 2.45) is 7.05 Å². The van der Waals surface area contributed by atoms with Gasteiger partial charge in [0.25, 0.3) is 0 Å². The van der Waals surface area contributed by atoms with Crippen molar-refractivity contribution in [2.75, 3.05) is 51.7 Å². The van der Waals surface area contributed by atoms with Gasteiger partial charge in [-0.25, -0.2) is 15.0 Å². The average molecular weight is 539 g/mol. The summed E-state index contributed by atoms with van der Waals surface area (Å²) < 4.78 is 8.06. The fourth-order valence-electron chi connectivity index (χ4n) is 4.85. The Kier molecular flexibility index (Phi) is 7.64. The fraction of sp³-hybridized carbons (Fsp3) is 0.345. The Bertz CT molecular complexity index is 1550. The first-order valence-corrected chi connectivity index (χ1v) is 13.6. The van der Waals surface area contributed by atoms with E-state index >= 15 is 0 Å². The van der Waals surface area contributed by atoms with Gasteiger partial charge in [-0.05, 0) is 25.1 Å². The summed E-state index contributed by atoms with van der Waals surface area (Å²) in [7, 11) is 4.00. The number of nitrogens with zero attached hydrogens (tertiary/aromatic N) is 9. The molecule has 0 bridgehead atoms. The number of imidazole rings is 1. The van der Waals surface area contributed by atoms with Crippen LogP contribution in [0.1, 0.15) is 12.0 Å². The van der Waals surface area contributed by atoms with E-state index in [1.54, 1.807) is 17.3 Å². The molecule has 0 atom stereocenters. The second kappa shape index (κ2) is 11.8. The highest BCUT2D eigenvalue weighted by molar-refractivity contribution is 5.63. The summed E-state index contributed by atoms with van der Waals surface area (Å²) in [6.45, 7) is 6.96. The molecule has 1 fully saturated rings. The quantitative estimate of drug-likeness (QED) is 0.269. The third-order valence-electron chi connectivity index (χ3n) is 7.22. The minimum absolute atomic E-state index is 0.639. The van der Waals surface area contributed by atoms with E-state index in [0.29, 0.717) is 13.2 Å². The number of aryl methyl sites for hydroxylation is 1. The van der Waals surface area contributed by atoms with Crippen LogP contribution in [0.2, 0.25) is 0 Å². The molecule has 0 aliphatic carbocycles. The molecule has 11 nitrogen and oxygen atoms in total. The number of likely N-dealkylation sites (N-methyl/N-ethyl adjacent to an activating group) is 1. The van der Waals surface area contributed by atoms with E-state index in [2.05, 4.69) is 71.6 Å². The standard InChI is InChI=1S/C29H34N10O/c1-36-11-13-38(14-12-36)9-3-15-40-24-8-10-39-27(20-31-29(39)16-24)25-17-28(33-21-32-25)30-18-22-4-6-23(7-5-22)26-19-34-37(2)35-26/h4-8,10,16-17,19-21H,3,9,11-15,18H2,1-2H3,(H,30,32,33). The number of nitrogens with one attached hydrogen (secondary N) is 1. The van der Waals surface area contributed by atoms with E-state index in [-0.39, 0.29) is 0 Å². The zero-order valence-corrected chi connectivity index (χ0v) is 22.9. The summed E-state index contributed by atoms with van der Waals surface area (Å²) in [6, 6.07) is 14.2. The van der Waals surface area contributed by atoms with Crippen LogP contribution in [0.4, 0.5) is 5.82 Å². The van der Waals surface area contributed by atoms with Crippen LogP contribution in [0.15, 0.2) is 67.4 Å². The molecule has 1 N–H and O–H groups in total. The summed E-state index contributed by atoms with van der Waals surface area (Å²) in [6.07, 6.45) is 8.18. The van der Waals surface area contributed by atoms with Crippen molar-refractivity contribution in [2.45, 2.75) is 13.0 Å². The smallest absolute Gasteiger partial charge is 0.140 e. The lowest BCUT2D eigenvalue weighted by molar-refractivity contribution is 0.145. The number of ether oxygens (including phenoxy) is 1. The molecule has 1 saturated heterocycles. The summed E-state index contributed by atoms with van der Waals surface area (Å²) in [5.74, 6) is 1.58. The number of hydrogen-bond acceptors (Lipinski definition) is 9. The predicted molar refractivity (Wildman–Crippen MR) is 154 cm³/mol. The molecule has 0 saturated carbocycles. The van der Waals surface area contributed by atoms with E-state index in [9.17, 15) is 0 Å². The van der Waals surface area contributed by atoms with E-state index in [1.807, 2.05) is 42.0 Å². The highest BCUT2D eigenvalue weighted by Gasteiger charge is 2.13. The topological polar surface area (TPSA) is 102 Å². The minimum Gasteiger partial charge on any atom is -0.493 e. The Balaban J connectivity index is 1.05. The molecular weight excluding hydrogens is 504 g/mol. The Morgan fingerprint density at radius 3 is 2.55 bits per heavy atom. The normalized spacial score (nSPS) is 14.6. The number of fused-ring (bicyclic) bond motifs is 1. The first-order valence-electron chi connectivity index (χ1n) is 13.6. The third kappa shape index (κ3) is 6.11. The molecule has 1 aliphatic heterocycles. The molecule has 1 aromatic carbocycles. The van der Waals surface area contributed by atoms with Crippen LogP contribution in [0.3, 0.4) is 0 Å². The van der Waals surface area contributed by atoms with Crippen molar-refractivity contribution in [3.05, 3.63) is 72.9 Å². The summed E-state index contributed by atoms with van der Waals surface area (Å²) in [5.41, 5.74) is 5.55. The van der Waals surface area contributed by atoms with Crippen LogP contribution in [0.5, 0.6) is 5.75 Å². The van der Waals surface area contributed by atoms with E-state index in [0.717, 1.165) is 84.6 Å². The van der Waals surface area contributed by atoms with Gasteiger partial charge >= 0.3 is 0 Å². The Morgan fingerprint density at radius 2 is 1.75 bits per heavy atom. The van der Waals surface area contributed by atoms with Gasteiger partial charge in [-0.3, -0.25) is 4.40 Å². The summed E-state index contributed by atoms with van der Waals surface area (Å²) in [4.78, 5) is 20.0. The first kappa shape index (κ1) is 25.9. The molecule has 5 heterocycles. The third-order valence-corrected chi connectivity index (χ3v) is 7.22. The molecule has 206 valence electrons. The van der Waals surface area contributed by atoms with Crippen molar-refractivity contribution in [1.82, 2.24) is 44.1 Å². The van der Waals surface area contributed by atoms with Gasteiger partial charge in [0, 0.05) is 70.2 Å². The van der Waals surface area contributed by atoms with E-state index < -0.39 is 0 Å². The molecule has 1 aliphatic rings. The van der Waals surface area contributed by atoms with Gasteiger partial charge in [-0.15, -0.1) is 0 Å². The Hall–Kier alpha value is -4.35. The number of rotatable bonds is 10. The lowest BCUT2D eigenvalue weighted by Gasteiger charge is -2.32. The molecule has 4 aromatic heterocycles. The maximum Gasteiger partial charge on any atom is 0.140 e. The first-order chi connectivity index (χ1) is 19.6. The van der Waals surface area contributed by atoms with Gasteiger partial charge in [0.05, 0.1) is 30.4 Å². The molecule has 6 rings (SSSR count). The van der Waals surface area contributed by atoms with Crippen LogP contribution in [0.25, 0.3) is 28.3 Å². The van der Waals surface area contributed by atoms with Crippen LogP contribution < -0.4 is 10.1 Å². The summed E-state index contributed by atoms with van der Waals surface area (Å²) >= 11 is 0. The number of anilines is 1. The monoisotopic (exact) mass is 538 g/mol. The Labute approximate surface area is 233 Å². The Morgan fingerprint density at radius 1 is 0.900 bits per heavy atom. The van der Waals surface area contributed by atoms with Gasteiger partial charge in [0.15, 0.2) is 0 Å². The zero-order valence-electron chi connectivity index (χ0n) is 22.9. The average Bonchev–Trinajstić information content (AvgIpc) is 3.62. The second-order valence-electron chi connectivity index (χ2n) is 10.1. The molecular formula is C29H34N10O. The van der Waals surface area contributed by atoms with Gasteiger partial charge in [0.2, 0.25) is 0 Å². The van der Waals surface area contributed by atoms with Gasteiger partial charge in [-0.1, -0.05) is 24.3 Å². The van der Waals surface area contributed by atoms with Gasteiger partial charge in [-0.2, -0.15) is 15.0 Å². The van der Waals surface area contributed by atoms with Crippen LogP contribution in [-0.4, -0.2) is 90.5 Å². The van der Waals surface area contributed by atoms with Crippen molar-refractivity contribution in [3.63, 3.8) is 0 Å². The summed E-state index contributed by atoms with van der Waals surface area (Å²) in [5, 5.41) is 11.9. The number of aromatic nitrogens is 7. The molecule has 0 amide bonds. The molecule has 0 spiro atoms. The number of hydrogen-bond donors (Lipinski definition) is 1. The van der Waals surface area contributed by atoms with Gasteiger partial charge < -0.3 is 19.9 Å². The highest BCUT2D eigenvalue weighted by Crippen LogP contribution is 2.24. The van der Waals surface area contributed by atoms with E-state index in [4.69, 9.17) is 4.74 Å². The highest BCUT2D eigenvalue weighted by atomic mass is 16.5. The number of piperazine rings is 1. The molecule has 0 radical (unpaired) electrons. The molecule has 40 heavy (non-hydrogen) atoms. The van der Waals surface area contributed by atoms with Gasteiger partial charge in [0.1, 0.15) is 29.2 Å². The van der Waals surface area contributed by atoms with Crippen molar-refractivity contribution < 1.29 is 4.74 Å². The maximum atomic E-state index is 6.03. The molecule has 11 heteroatoms. The van der Waals surface area contributed by atoms with Crippen LogP contribution in [-0.2, 0) is 13.6 Å². The fourth-order valence-corrected chi connectivity index (χ4v) is 4.85. The lowest BCUT2D eigenvalue weighted by Crippen LogP contribution is -2.44. The van der Waals surface area contributed by atoms with Crippen molar-refractivity contribution >= 4 is 11.5 Å². The second-order valence-corrected chi connectivity index (χ2v) is 10.1. The predicted octanol–water partition coefficient (Wildman–Crippen LogP) is 3.22. The van der Waals surface area contributed by atoms with Crippen LogP contribution in [0, 0.1) is 0 Å². The molecule has 0 unspecified atom stereocenters. The lowest BCUT2D eigenvalue weighted by atomic mass is 10.1. The number of pyridine rings is 1. The zero-order chi connectivity index (χ0) is 27.3. The van der Waals surface area contributed by atoms with Crippen LogP contribution >= 0.6 is 0 Å². The number of benzene rings is 1. The van der Waals surface area contributed by atoms with Crippen molar-refractivity contribution in [3.8, 4) is 28.4 Å². The SMILES string of the molecule is CN1CCN(CCCOc2ccn3c(-c4cc(NCc5ccc(-c6cnn(C)n6)cc5)ncn4)cnc3c2)CC1. The van der Waals surface area contributed by atoms with E-state index in [1.165, 1.54) is 0 Å². The minimum atomic E-state index is 0.639. The largest absolute Gasteiger partial charge is 0.493 e.